The van der Waals surface area contributed by atoms with Crippen LogP contribution in [-0.4, -0.2) is 16.9 Å². The minimum absolute atomic E-state index is 0.0332. The van der Waals surface area contributed by atoms with Crippen molar-refractivity contribution in [1.29, 1.82) is 0 Å². The van der Waals surface area contributed by atoms with E-state index < -0.39 is 10.8 Å². The molecule has 1 saturated carbocycles. The Kier molecular flexibility index (Phi) is 4.45. The summed E-state index contributed by atoms with van der Waals surface area (Å²) in [6, 6.07) is 4.13. The number of benzene rings is 1. The van der Waals surface area contributed by atoms with E-state index in [2.05, 4.69) is 19.2 Å². The lowest BCUT2D eigenvalue weighted by atomic mass is 9.80. The molecule has 1 amide bonds. The Bertz CT molecular complexity index is 559. The van der Waals surface area contributed by atoms with Gasteiger partial charge in [-0.3, -0.25) is 14.9 Å². The number of carbonyl (C=O) groups excluding carboxylic acids is 1. The number of nitrogens with two attached hydrogens (primary N) is 1. The van der Waals surface area contributed by atoms with Crippen LogP contribution in [0.2, 0.25) is 0 Å². The van der Waals surface area contributed by atoms with Gasteiger partial charge in [-0.05, 0) is 43.2 Å². The van der Waals surface area contributed by atoms with E-state index in [4.69, 9.17) is 5.73 Å². The van der Waals surface area contributed by atoms with Crippen LogP contribution in [0, 0.1) is 22.0 Å². The fraction of sp³-hybridized carbons (Fsp3) is 0.533. The van der Waals surface area contributed by atoms with E-state index in [1.54, 1.807) is 0 Å². The van der Waals surface area contributed by atoms with Gasteiger partial charge in [0.1, 0.15) is 5.56 Å². The predicted molar refractivity (Wildman–Crippen MR) is 80.9 cm³/mol. The molecule has 0 saturated heterocycles. The molecule has 0 spiro atoms. The second-order valence-electron chi connectivity index (χ2n) is 6.01. The molecule has 1 aromatic carbocycles. The number of nitrogens with zero attached hydrogens (tertiary/aromatic N) is 1. The Hall–Kier alpha value is -2.11. The second-order valence-corrected chi connectivity index (χ2v) is 6.01. The summed E-state index contributed by atoms with van der Waals surface area (Å²) < 4.78 is 0. The first kappa shape index (κ1) is 15.3. The molecule has 3 unspecified atom stereocenters. The number of nitro benzene ring substituents is 1. The van der Waals surface area contributed by atoms with Crippen LogP contribution in [0.1, 0.15) is 43.5 Å². The van der Waals surface area contributed by atoms with Gasteiger partial charge in [-0.15, -0.1) is 0 Å². The summed E-state index contributed by atoms with van der Waals surface area (Å²) in [7, 11) is 0. The van der Waals surface area contributed by atoms with Gasteiger partial charge in [-0.2, -0.15) is 0 Å². The number of nitrogen functional groups attached to an aromatic ring is 1. The van der Waals surface area contributed by atoms with Gasteiger partial charge in [0, 0.05) is 17.8 Å². The van der Waals surface area contributed by atoms with Crippen molar-refractivity contribution in [3.8, 4) is 0 Å². The van der Waals surface area contributed by atoms with Gasteiger partial charge in [0.05, 0.1) is 4.92 Å². The lowest BCUT2D eigenvalue weighted by Crippen LogP contribution is -2.42. The molecule has 1 aromatic rings. The number of amides is 1. The lowest BCUT2D eigenvalue weighted by Gasteiger charge is -2.33. The van der Waals surface area contributed by atoms with Crippen molar-refractivity contribution < 1.29 is 9.72 Å². The maximum atomic E-state index is 12.3. The van der Waals surface area contributed by atoms with E-state index in [-0.39, 0.29) is 17.3 Å². The van der Waals surface area contributed by atoms with Crippen molar-refractivity contribution in [3.05, 3.63) is 33.9 Å². The quantitative estimate of drug-likeness (QED) is 0.508. The van der Waals surface area contributed by atoms with E-state index in [0.717, 1.165) is 19.3 Å². The summed E-state index contributed by atoms with van der Waals surface area (Å²) in [6.07, 6.45) is 3.03. The lowest BCUT2D eigenvalue weighted by molar-refractivity contribution is -0.385. The molecular weight excluding hydrogens is 270 g/mol. The molecule has 3 N–H and O–H groups in total. The first-order chi connectivity index (χ1) is 9.88. The molecule has 1 fully saturated rings. The summed E-state index contributed by atoms with van der Waals surface area (Å²) in [5.41, 5.74) is 5.81. The zero-order chi connectivity index (χ0) is 15.6. The van der Waals surface area contributed by atoms with Crippen molar-refractivity contribution in [2.24, 2.45) is 11.8 Å². The minimum Gasteiger partial charge on any atom is -0.399 e. The normalized spacial score (nSPS) is 25.3. The molecular formula is C15H21N3O3. The molecule has 6 nitrogen and oxygen atoms in total. The molecule has 1 aliphatic carbocycles. The van der Waals surface area contributed by atoms with Crippen molar-refractivity contribution in [3.63, 3.8) is 0 Å². The third kappa shape index (κ3) is 3.51. The molecule has 1 aliphatic rings. The topological polar surface area (TPSA) is 98.3 Å². The summed E-state index contributed by atoms with van der Waals surface area (Å²) in [4.78, 5) is 22.8. The molecule has 0 radical (unpaired) electrons. The molecule has 21 heavy (non-hydrogen) atoms. The summed E-state index contributed by atoms with van der Waals surface area (Å²) in [5, 5.41) is 14.0. The molecule has 0 bridgehead atoms. The third-order valence-corrected chi connectivity index (χ3v) is 4.21. The van der Waals surface area contributed by atoms with Gasteiger partial charge in [0.2, 0.25) is 0 Å². The molecule has 2 rings (SSSR count). The van der Waals surface area contributed by atoms with Crippen LogP contribution in [0.5, 0.6) is 0 Å². The molecule has 0 aromatic heterocycles. The fourth-order valence-electron chi connectivity index (χ4n) is 3.02. The maximum Gasteiger partial charge on any atom is 0.282 e. The van der Waals surface area contributed by atoms with E-state index in [9.17, 15) is 14.9 Å². The Morgan fingerprint density at radius 1 is 1.38 bits per heavy atom. The number of carbonyl (C=O) groups is 1. The Morgan fingerprint density at radius 3 is 2.71 bits per heavy atom. The number of rotatable bonds is 3. The van der Waals surface area contributed by atoms with Gasteiger partial charge in [-0.25, -0.2) is 0 Å². The Labute approximate surface area is 123 Å². The van der Waals surface area contributed by atoms with E-state index in [1.807, 2.05) is 0 Å². The van der Waals surface area contributed by atoms with Gasteiger partial charge in [-0.1, -0.05) is 13.8 Å². The first-order valence-corrected chi connectivity index (χ1v) is 7.23. The smallest absolute Gasteiger partial charge is 0.282 e. The van der Waals surface area contributed by atoms with E-state index >= 15 is 0 Å². The third-order valence-electron chi connectivity index (χ3n) is 4.21. The highest BCUT2D eigenvalue weighted by Crippen LogP contribution is 2.29. The molecule has 114 valence electrons. The van der Waals surface area contributed by atoms with Crippen LogP contribution < -0.4 is 11.1 Å². The van der Waals surface area contributed by atoms with Crippen molar-refractivity contribution in [2.45, 2.75) is 39.2 Å². The number of hydrogen-bond acceptors (Lipinski definition) is 4. The minimum atomic E-state index is -0.555. The monoisotopic (exact) mass is 291 g/mol. The average Bonchev–Trinajstić information content (AvgIpc) is 2.41. The fourth-order valence-corrected chi connectivity index (χ4v) is 3.02. The summed E-state index contributed by atoms with van der Waals surface area (Å²) in [5.74, 6) is 0.619. The zero-order valence-corrected chi connectivity index (χ0v) is 12.3. The molecule has 0 heterocycles. The van der Waals surface area contributed by atoms with Crippen molar-refractivity contribution in [1.82, 2.24) is 5.32 Å². The van der Waals surface area contributed by atoms with Crippen LogP contribution in [0.15, 0.2) is 18.2 Å². The first-order valence-electron chi connectivity index (χ1n) is 7.23. The second kappa shape index (κ2) is 6.11. The number of nitro groups is 1. The molecule has 6 heteroatoms. The number of anilines is 1. The van der Waals surface area contributed by atoms with Crippen LogP contribution in [0.4, 0.5) is 11.4 Å². The highest BCUT2D eigenvalue weighted by Gasteiger charge is 2.29. The maximum absolute atomic E-state index is 12.3. The van der Waals surface area contributed by atoms with Gasteiger partial charge < -0.3 is 11.1 Å². The van der Waals surface area contributed by atoms with E-state index in [0.29, 0.717) is 17.5 Å². The molecule has 0 aliphatic heterocycles. The standard InChI is InChI=1S/C15H21N3O3/c1-9-3-5-13(10(2)7-9)17-15(19)12-8-11(16)4-6-14(12)18(20)21/h4,6,8-10,13H,3,5,7,16H2,1-2H3,(H,17,19). The SMILES string of the molecule is CC1CCC(NC(=O)c2cc(N)ccc2[N+](=O)[O-])C(C)C1. The van der Waals surface area contributed by atoms with E-state index in [1.165, 1.54) is 18.2 Å². The summed E-state index contributed by atoms with van der Waals surface area (Å²) >= 11 is 0. The van der Waals surface area contributed by atoms with Gasteiger partial charge >= 0.3 is 0 Å². The van der Waals surface area contributed by atoms with Crippen LogP contribution >= 0.6 is 0 Å². The predicted octanol–water partition coefficient (Wildman–Crippen LogP) is 2.73. The van der Waals surface area contributed by atoms with Crippen LogP contribution in [0.25, 0.3) is 0 Å². The van der Waals surface area contributed by atoms with Gasteiger partial charge in [0.15, 0.2) is 0 Å². The highest BCUT2D eigenvalue weighted by atomic mass is 16.6. The largest absolute Gasteiger partial charge is 0.399 e. The highest BCUT2D eigenvalue weighted by molar-refractivity contribution is 5.99. The van der Waals surface area contributed by atoms with Crippen molar-refractivity contribution >= 4 is 17.3 Å². The van der Waals surface area contributed by atoms with Crippen LogP contribution in [-0.2, 0) is 0 Å². The zero-order valence-electron chi connectivity index (χ0n) is 12.3. The average molecular weight is 291 g/mol. The Morgan fingerprint density at radius 2 is 2.10 bits per heavy atom. The molecule has 3 atom stereocenters. The Balaban J connectivity index is 2.17. The van der Waals surface area contributed by atoms with Gasteiger partial charge in [0.25, 0.3) is 11.6 Å². The van der Waals surface area contributed by atoms with Crippen LogP contribution in [0.3, 0.4) is 0 Å². The number of hydrogen-bond donors (Lipinski definition) is 2. The van der Waals surface area contributed by atoms with Crippen molar-refractivity contribution in [2.75, 3.05) is 5.73 Å². The number of nitrogens with one attached hydrogen (secondary N) is 1. The summed E-state index contributed by atoms with van der Waals surface area (Å²) in [6.45, 7) is 4.31.